The molecule has 7 nitrogen and oxygen atoms in total. The Hall–Kier alpha value is -4.04. The summed E-state index contributed by atoms with van der Waals surface area (Å²) in [6, 6.07) is 19.5. The van der Waals surface area contributed by atoms with Crippen molar-refractivity contribution < 1.29 is 9.53 Å². The Labute approximate surface area is 188 Å². The number of carbonyl (C=O) groups excluding carboxylic acids is 1. The van der Waals surface area contributed by atoms with E-state index >= 15 is 0 Å². The van der Waals surface area contributed by atoms with Crippen LogP contribution in [0.1, 0.15) is 12.5 Å². The van der Waals surface area contributed by atoms with E-state index < -0.39 is 0 Å². The van der Waals surface area contributed by atoms with E-state index in [-0.39, 0.29) is 12.5 Å². The summed E-state index contributed by atoms with van der Waals surface area (Å²) >= 11 is 1.48. The summed E-state index contributed by atoms with van der Waals surface area (Å²) in [4.78, 5) is 21.4. The molecule has 0 fully saturated rings. The Morgan fingerprint density at radius 3 is 2.84 bits per heavy atom. The van der Waals surface area contributed by atoms with Crippen LogP contribution in [0.5, 0.6) is 5.75 Å². The van der Waals surface area contributed by atoms with Crippen LogP contribution in [0.3, 0.4) is 0 Å². The number of benzene rings is 2. The molecule has 0 spiro atoms. The van der Waals surface area contributed by atoms with Gasteiger partial charge in [-0.05, 0) is 42.8 Å². The SMILES string of the molecule is CC(=Nn1c(-c2ccc3c(c2)NC(=O)CO3)csc1=Nc1cccnc1)c1ccccc1. The Morgan fingerprint density at radius 2 is 2.03 bits per heavy atom. The van der Waals surface area contributed by atoms with Gasteiger partial charge in [-0.1, -0.05) is 30.3 Å². The van der Waals surface area contributed by atoms with Crippen molar-refractivity contribution in [1.82, 2.24) is 9.66 Å². The van der Waals surface area contributed by atoms with Gasteiger partial charge in [0.2, 0.25) is 4.80 Å². The molecule has 158 valence electrons. The highest BCUT2D eigenvalue weighted by atomic mass is 32.1. The molecule has 1 amide bonds. The predicted octanol–water partition coefficient (Wildman–Crippen LogP) is 4.45. The van der Waals surface area contributed by atoms with Gasteiger partial charge in [0.05, 0.1) is 29.0 Å². The Balaban J connectivity index is 1.66. The molecule has 2 aromatic carbocycles. The predicted molar refractivity (Wildman–Crippen MR) is 125 cm³/mol. The van der Waals surface area contributed by atoms with E-state index in [9.17, 15) is 4.79 Å². The van der Waals surface area contributed by atoms with Crippen molar-refractivity contribution in [1.29, 1.82) is 0 Å². The van der Waals surface area contributed by atoms with Gasteiger partial charge in [0.15, 0.2) is 6.61 Å². The molecule has 0 saturated carbocycles. The van der Waals surface area contributed by atoms with Crippen molar-refractivity contribution in [2.24, 2.45) is 10.1 Å². The van der Waals surface area contributed by atoms with Crippen LogP contribution in [0.15, 0.2) is 88.5 Å². The maximum absolute atomic E-state index is 11.8. The second kappa shape index (κ2) is 8.60. The zero-order valence-corrected chi connectivity index (χ0v) is 18.0. The summed E-state index contributed by atoms with van der Waals surface area (Å²) in [6.45, 7) is 2.00. The average Bonchev–Trinajstić information content (AvgIpc) is 3.21. The molecule has 0 aliphatic carbocycles. The highest BCUT2D eigenvalue weighted by Gasteiger charge is 2.18. The van der Waals surface area contributed by atoms with Crippen LogP contribution in [-0.4, -0.2) is 27.9 Å². The fraction of sp³-hybridized carbons (Fsp3) is 0.0833. The molecule has 1 aliphatic rings. The number of ether oxygens (including phenoxy) is 1. The van der Waals surface area contributed by atoms with E-state index in [0.717, 1.165) is 28.2 Å². The first-order chi connectivity index (χ1) is 15.7. The second-order valence-electron chi connectivity index (χ2n) is 7.14. The van der Waals surface area contributed by atoms with E-state index in [2.05, 4.69) is 10.3 Å². The van der Waals surface area contributed by atoms with Gasteiger partial charge in [0, 0.05) is 17.1 Å². The molecule has 8 heteroatoms. The lowest BCUT2D eigenvalue weighted by Crippen LogP contribution is -2.25. The summed E-state index contributed by atoms with van der Waals surface area (Å²) in [7, 11) is 0. The molecular weight excluding hydrogens is 422 g/mol. The number of anilines is 1. The topological polar surface area (TPSA) is 80.9 Å². The lowest BCUT2D eigenvalue weighted by Gasteiger charge is -2.18. The first-order valence-corrected chi connectivity index (χ1v) is 10.9. The van der Waals surface area contributed by atoms with E-state index in [4.69, 9.17) is 14.8 Å². The molecule has 0 saturated heterocycles. The van der Waals surface area contributed by atoms with Crippen LogP contribution in [0.4, 0.5) is 11.4 Å². The first-order valence-electron chi connectivity index (χ1n) is 10.0. The van der Waals surface area contributed by atoms with Gasteiger partial charge in [0.1, 0.15) is 5.75 Å². The standard InChI is InChI=1S/C24H19N5O2S/c1-16(17-6-3-2-4-7-17)28-29-21(15-32-24(29)26-19-8-5-11-25-13-19)18-9-10-22-20(12-18)27-23(30)14-31-22/h2-13,15H,14H2,1H3,(H,27,30). The second-order valence-corrected chi connectivity index (χ2v) is 7.97. The third kappa shape index (κ3) is 4.08. The van der Waals surface area contributed by atoms with E-state index in [1.54, 1.807) is 12.4 Å². The molecule has 0 unspecified atom stereocenters. The molecule has 0 radical (unpaired) electrons. The van der Waals surface area contributed by atoms with E-state index in [1.807, 2.05) is 77.6 Å². The first kappa shape index (κ1) is 19.9. The van der Waals surface area contributed by atoms with Gasteiger partial charge < -0.3 is 10.1 Å². The molecule has 4 aromatic rings. The van der Waals surface area contributed by atoms with Crippen molar-refractivity contribution in [3.05, 3.63) is 88.8 Å². The summed E-state index contributed by atoms with van der Waals surface area (Å²) in [5, 5.41) is 9.77. The number of nitrogens with zero attached hydrogens (tertiary/aromatic N) is 4. The van der Waals surface area contributed by atoms with Crippen molar-refractivity contribution in [3.8, 4) is 17.0 Å². The molecular formula is C24H19N5O2S. The number of aromatic nitrogens is 2. The summed E-state index contributed by atoms with van der Waals surface area (Å²) < 4.78 is 7.32. The van der Waals surface area contributed by atoms with Crippen molar-refractivity contribution in [3.63, 3.8) is 0 Å². The van der Waals surface area contributed by atoms with E-state index in [1.165, 1.54) is 11.3 Å². The smallest absolute Gasteiger partial charge is 0.262 e. The number of hydrogen-bond donors (Lipinski definition) is 1. The highest BCUT2D eigenvalue weighted by Crippen LogP contribution is 2.33. The Kier molecular flexibility index (Phi) is 5.35. The fourth-order valence-electron chi connectivity index (χ4n) is 3.33. The van der Waals surface area contributed by atoms with Crippen LogP contribution in [0, 0.1) is 0 Å². The molecule has 1 aliphatic heterocycles. The van der Waals surface area contributed by atoms with Crippen LogP contribution in [-0.2, 0) is 4.79 Å². The van der Waals surface area contributed by atoms with Crippen molar-refractivity contribution in [2.75, 3.05) is 11.9 Å². The van der Waals surface area contributed by atoms with Crippen LogP contribution in [0.2, 0.25) is 0 Å². The van der Waals surface area contributed by atoms with Gasteiger partial charge in [-0.25, -0.2) is 9.67 Å². The normalized spacial score (nSPS) is 14.0. The molecule has 1 N–H and O–H groups in total. The maximum Gasteiger partial charge on any atom is 0.262 e. The van der Waals surface area contributed by atoms with Gasteiger partial charge in [-0.2, -0.15) is 5.10 Å². The van der Waals surface area contributed by atoms with Crippen LogP contribution in [0.25, 0.3) is 11.3 Å². The quantitative estimate of drug-likeness (QED) is 0.475. The van der Waals surface area contributed by atoms with Crippen molar-refractivity contribution in [2.45, 2.75) is 6.92 Å². The molecule has 2 aromatic heterocycles. The van der Waals surface area contributed by atoms with Gasteiger partial charge in [0.25, 0.3) is 5.91 Å². The van der Waals surface area contributed by atoms with Crippen molar-refractivity contribution >= 4 is 34.3 Å². The van der Waals surface area contributed by atoms with Crippen LogP contribution < -0.4 is 14.9 Å². The largest absolute Gasteiger partial charge is 0.482 e. The average molecular weight is 442 g/mol. The maximum atomic E-state index is 11.8. The molecule has 0 bridgehead atoms. The molecule has 0 atom stereocenters. The third-order valence-electron chi connectivity index (χ3n) is 4.91. The molecule has 32 heavy (non-hydrogen) atoms. The summed E-state index contributed by atoms with van der Waals surface area (Å²) in [5.41, 5.74) is 5.01. The minimum atomic E-state index is -0.168. The number of hydrogen-bond acceptors (Lipinski definition) is 6. The Morgan fingerprint density at radius 1 is 1.16 bits per heavy atom. The lowest BCUT2D eigenvalue weighted by molar-refractivity contribution is -0.118. The number of amides is 1. The third-order valence-corrected chi connectivity index (χ3v) is 5.72. The van der Waals surface area contributed by atoms with E-state index in [0.29, 0.717) is 16.2 Å². The number of fused-ring (bicyclic) bond motifs is 1. The van der Waals surface area contributed by atoms with Gasteiger partial charge in [-0.3, -0.25) is 9.78 Å². The van der Waals surface area contributed by atoms with Crippen LogP contribution >= 0.6 is 11.3 Å². The zero-order chi connectivity index (χ0) is 21.9. The fourth-order valence-corrected chi connectivity index (χ4v) is 4.18. The number of thiazole rings is 1. The minimum Gasteiger partial charge on any atom is -0.482 e. The minimum absolute atomic E-state index is 0.0273. The monoisotopic (exact) mass is 441 g/mol. The molecule has 5 rings (SSSR count). The summed E-state index contributed by atoms with van der Waals surface area (Å²) in [5.74, 6) is 0.484. The lowest BCUT2D eigenvalue weighted by atomic mass is 10.1. The number of nitrogens with one attached hydrogen (secondary N) is 1. The zero-order valence-electron chi connectivity index (χ0n) is 17.2. The number of carbonyl (C=O) groups is 1. The van der Waals surface area contributed by atoms with Gasteiger partial charge in [-0.15, -0.1) is 11.3 Å². The summed E-state index contributed by atoms with van der Waals surface area (Å²) in [6.07, 6.45) is 3.43. The highest BCUT2D eigenvalue weighted by molar-refractivity contribution is 7.07. The van der Waals surface area contributed by atoms with Gasteiger partial charge >= 0.3 is 0 Å². The number of pyridine rings is 1. The number of rotatable bonds is 4. The Bertz CT molecular complexity index is 1370. The molecule has 3 heterocycles.